The molecule has 11 heteroatoms. The lowest BCUT2D eigenvalue weighted by atomic mass is 10.2. The number of esters is 2. The molecule has 0 atom stereocenters. The molecule has 0 aromatic heterocycles. The summed E-state index contributed by atoms with van der Waals surface area (Å²) in [5.41, 5.74) is -1.33. The summed E-state index contributed by atoms with van der Waals surface area (Å²) >= 11 is 0. The Morgan fingerprint density at radius 3 is 1.43 bits per heavy atom. The molecule has 3 rings (SSSR count). The van der Waals surface area contributed by atoms with Gasteiger partial charge in [-0.2, -0.15) is 8.42 Å². The van der Waals surface area contributed by atoms with E-state index in [1.165, 1.54) is 0 Å². The lowest BCUT2D eigenvalue weighted by Crippen LogP contribution is -2.27. The molecule has 228 valence electrons. The molecule has 3 aromatic rings. The van der Waals surface area contributed by atoms with Crippen LogP contribution in [0.4, 0.5) is 0 Å². The van der Waals surface area contributed by atoms with E-state index in [1.807, 2.05) is 18.2 Å². The summed E-state index contributed by atoms with van der Waals surface area (Å²) in [6.07, 6.45) is 1.05. The van der Waals surface area contributed by atoms with E-state index in [-0.39, 0.29) is 13.2 Å². The lowest BCUT2D eigenvalue weighted by molar-refractivity contribution is -0.158. The quantitative estimate of drug-likeness (QED) is 0.138. The smallest absolute Gasteiger partial charge is 0.387 e. The van der Waals surface area contributed by atoms with E-state index in [0.717, 1.165) is 6.26 Å². The molecular formula is C31H39O9S2+. The van der Waals surface area contributed by atoms with Crippen molar-refractivity contribution >= 4 is 32.4 Å². The number of ether oxygens (including phenoxy) is 4. The number of hydrogen-bond donors (Lipinski definition) is 0. The van der Waals surface area contributed by atoms with Crippen molar-refractivity contribution in [3.63, 3.8) is 0 Å². The van der Waals surface area contributed by atoms with Gasteiger partial charge in [0.25, 0.3) is 0 Å². The minimum Gasteiger partial charge on any atom is -0.482 e. The molecule has 0 fully saturated rings. The van der Waals surface area contributed by atoms with Crippen molar-refractivity contribution in [1.29, 1.82) is 0 Å². The predicted octanol–water partition coefficient (Wildman–Crippen LogP) is 6.38. The first-order chi connectivity index (χ1) is 19.5. The molecule has 42 heavy (non-hydrogen) atoms. The van der Waals surface area contributed by atoms with Gasteiger partial charge in [0.2, 0.25) is 0 Å². The fourth-order valence-corrected chi connectivity index (χ4v) is 9.03. The molecule has 3 aromatic carbocycles. The van der Waals surface area contributed by atoms with E-state index in [9.17, 15) is 18.0 Å². The van der Waals surface area contributed by atoms with Gasteiger partial charge < -0.3 is 18.9 Å². The van der Waals surface area contributed by atoms with Crippen molar-refractivity contribution in [3.05, 3.63) is 78.9 Å². The molecular weight excluding hydrogens is 580 g/mol. The maximum atomic E-state index is 12.9. The predicted molar refractivity (Wildman–Crippen MR) is 162 cm³/mol. The molecule has 0 heterocycles. The molecule has 0 aliphatic rings. The number of hydrogen-bond acceptors (Lipinski definition) is 8. The first-order valence-corrected chi connectivity index (χ1v) is 16.6. The Labute approximate surface area is 249 Å². The van der Waals surface area contributed by atoms with Crippen molar-refractivity contribution in [2.24, 2.45) is 0 Å². The molecule has 1 N–H and O–H groups in total. The van der Waals surface area contributed by atoms with Crippen LogP contribution in [0.15, 0.2) is 93.5 Å². The summed E-state index contributed by atoms with van der Waals surface area (Å²) < 4.78 is 52.5. The van der Waals surface area contributed by atoms with Crippen molar-refractivity contribution in [3.8, 4) is 11.5 Å². The highest BCUT2D eigenvalue weighted by atomic mass is 32.3. The minimum absolute atomic E-state index is 0.328. The van der Waals surface area contributed by atoms with Crippen LogP contribution in [0.2, 0.25) is 0 Å². The number of carbonyl (C=O) groups excluding carboxylic acids is 2. The van der Waals surface area contributed by atoms with E-state index in [0.29, 0.717) is 26.2 Å². The van der Waals surface area contributed by atoms with Crippen LogP contribution in [0.25, 0.3) is 0 Å². The molecule has 0 bridgehead atoms. The second-order valence-electron chi connectivity index (χ2n) is 11.4. The Balaban J connectivity index is 2.09. The summed E-state index contributed by atoms with van der Waals surface area (Å²) in [6, 6.07) is 22.7. The largest absolute Gasteiger partial charge is 0.482 e. The first-order valence-electron chi connectivity index (χ1n) is 13.2. The van der Waals surface area contributed by atoms with E-state index < -0.39 is 43.6 Å². The van der Waals surface area contributed by atoms with Gasteiger partial charge >= 0.3 is 22.1 Å². The highest BCUT2D eigenvalue weighted by molar-refractivity contribution is 8.32. The van der Waals surface area contributed by atoms with Gasteiger partial charge in [0.05, 0.1) is 25.0 Å². The van der Waals surface area contributed by atoms with Crippen molar-refractivity contribution in [2.45, 2.75) is 67.4 Å². The average Bonchev–Trinajstić information content (AvgIpc) is 2.88. The van der Waals surface area contributed by atoms with Gasteiger partial charge in [-0.3, -0.25) is 3.63 Å². The lowest BCUT2D eigenvalue weighted by Gasteiger charge is -2.34. The van der Waals surface area contributed by atoms with Gasteiger partial charge in [-0.1, -0.05) is 30.3 Å². The van der Waals surface area contributed by atoms with Crippen LogP contribution in [0.1, 0.15) is 41.5 Å². The van der Waals surface area contributed by atoms with Crippen LogP contribution in [0.3, 0.4) is 0 Å². The SMILES string of the molecule is CC(C)(C)OC(=O)COc1cccc(S([OH+]S(C)(=O)=O)(c2ccccc2)c2cccc(OCC(=O)OC(C)(C)C)c2)c1. The fraction of sp³-hybridized carbons (Fsp3) is 0.355. The van der Waals surface area contributed by atoms with Gasteiger partial charge in [0.15, 0.2) is 13.2 Å². The summed E-state index contributed by atoms with van der Waals surface area (Å²) in [6.45, 7) is 9.93. The third-order valence-corrected chi connectivity index (χ3v) is 9.98. The molecule has 0 spiro atoms. The minimum atomic E-state index is -3.91. The van der Waals surface area contributed by atoms with Crippen LogP contribution < -0.4 is 9.47 Å². The van der Waals surface area contributed by atoms with Gasteiger partial charge in [-0.25, -0.2) is 9.59 Å². The summed E-state index contributed by atoms with van der Waals surface area (Å²) in [7, 11) is -6.74. The monoisotopic (exact) mass is 619 g/mol. The zero-order valence-electron chi connectivity index (χ0n) is 24.9. The molecule has 0 saturated heterocycles. The topological polar surface area (TPSA) is 118 Å². The van der Waals surface area contributed by atoms with E-state index in [1.54, 1.807) is 102 Å². The van der Waals surface area contributed by atoms with E-state index in [2.05, 4.69) is 3.63 Å². The fourth-order valence-electron chi connectivity index (χ4n) is 3.88. The van der Waals surface area contributed by atoms with Crippen LogP contribution in [0, 0.1) is 0 Å². The standard InChI is InChI=1S/C31H38O9S2/c1-30(2,3)38-28(32)21-36-23-13-11-17-26(19-23)42(40-41(7,34)35,25-15-9-8-10-16-25)27-18-12-14-24(20-27)37-22-29(33)39-31(4,5)6/h8-20H,21-22H2,1-7H3/p+1. The Morgan fingerprint density at radius 1 is 0.643 bits per heavy atom. The van der Waals surface area contributed by atoms with Gasteiger partial charge in [0.1, 0.15) is 29.0 Å². The van der Waals surface area contributed by atoms with Gasteiger partial charge in [-0.05, 0) is 90.1 Å². The molecule has 0 unspecified atom stereocenters. The van der Waals surface area contributed by atoms with E-state index in [4.69, 9.17) is 18.9 Å². The zero-order chi connectivity index (χ0) is 31.2. The van der Waals surface area contributed by atoms with Gasteiger partial charge in [-0.15, -0.1) is 0 Å². The molecule has 0 amide bonds. The number of carbonyl (C=O) groups is 2. The van der Waals surface area contributed by atoms with Crippen molar-refractivity contribution < 1.29 is 40.6 Å². The number of benzene rings is 3. The molecule has 0 radical (unpaired) electrons. The Morgan fingerprint density at radius 2 is 1.05 bits per heavy atom. The third-order valence-electron chi connectivity index (χ3n) is 5.18. The first kappa shape index (κ1) is 33.0. The maximum absolute atomic E-state index is 12.9. The molecule has 0 aliphatic heterocycles. The highest BCUT2D eigenvalue weighted by Crippen LogP contribution is 2.68. The zero-order valence-corrected chi connectivity index (χ0v) is 26.6. The van der Waals surface area contributed by atoms with Crippen LogP contribution in [-0.4, -0.2) is 54.7 Å². The number of rotatable bonds is 11. The second-order valence-corrected chi connectivity index (χ2v) is 16.0. The molecule has 0 saturated carbocycles. The summed E-state index contributed by atoms with van der Waals surface area (Å²) in [5, 5.41) is 0. The molecule has 9 nitrogen and oxygen atoms in total. The maximum Gasteiger partial charge on any atom is 0.387 e. The third kappa shape index (κ3) is 9.78. The van der Waals surface area contributed by atoms with Crippen molar-refractivity contribution in [1.82, 2.24) is 0 Å². The second kappa shape index (κ2) is 13.2. The van der Waals surface area contributed by atoms with Gasteiger partial charge in [0, 0.05) is 0 Å². The van der Waals surface area contributed by atoms with Crippen LogP contribution in [-0.2, 0) is 29.2 Å². The Hall–Kier alpha value is -3.54. The normalized spacial score (nSPS) is 12.7. The van der Waals surface area contributed by atoms with Crippen LogP contribution in [0.5, 0.6) is 11.5 Å². The highest BCUT2D eigenvalue weighted by Gasteiger charge is 2.42. The summed E-state index contributed by atoms with van der Waals surface area (Å²) in [5.74, 6) is -0.394. The van der Waals surface area contributed by atoms with E-state index >= 15 is 0 Å². The van der Waals surface area contributed by atoms with Crippen LogP contribution >= 0.6 is 10.3 Å². The average molecular weight is 620 g/mol. The summed E-state index contributed by atoms with van der Waals surface area (Å²) in [4.78, 5) is 26.3. The van der Waals surface area contributed by atoms with Crippen molar-refractivity contribution in [2.75, 3.05) is 19.5 Å². The Kier molecular flexibility index (Phi) is 10.3. The molecule has 0 aliphatic carbocycles. The Bertz CT molecular complexity index is 1410.